The van der Waals surface area contributed by atoms with Gasteiger partial charge in [0.25, 0.3) is 0 Å². The maximum absolute atomic E-state index is 11.8. The minimum atomic E-state index is -4.54. The van der Waals surface area contributed by atoms with Gasteiger partial charge in [-0.2, -0.15) is 13.2 Å². The Hall–Kier alpha value is -1.52. The summed E-state index contributed by atoms with van der Waals surface area (Å²) in [7, 11) is 0. The van der Waals surface area contributed by atoms with E-state index in [1.807, 2.05) is 0 Å². The first-order chi connectivity index (χ1) is 6.40. The van der Waals surface area contributed by atoms with E-state index >= 15 is 0 Å². The molecule has 1 N–H and O–H groups in total. The predicted octanol–water partition coefficient (Wildman–Crippen LogP) is 2.53. The third kappa shape index (κ3) is 2.76. The molecule has 0 bridgehead atoms. The van der Waals surface area contributed by atoms with Gasteiger partial charge in [0.05, 0.1) is 5.56 Å². The van der Waals surface area contributed by atoms with E-state index in [9.17, 15) is 18.0 Å². The highest BCUT2D eigenvalue weighted by Crippen LogP contribution is 2.25. The van der Waals surface area contributed by atoms with Crippen molar-refractivity contribution in [3.8, 4) is 5.75 Å². The Labute approximate surface area is 78.0 Å². The molecule has 1 aromatic carbocycles. The Balaban J connectivity index is 2.86. The Morgan fingerprint density at radius 1 is 1.29 bits per heavy atom. The fraction of sp³-hybridized carbons (Fsp3) is 0.222. The number of alkyl halides is 3. The average Bonchev–Trinajstić information content (AvgIpc) is 2.01. The second-order valence-electron chi connectivity index (χ2n) is 2.73. The maximum Gasteiger partial charge on any atom is 0.396 e. The van der Waals surface area contributed by atoms with Crippen molar-refractivity contribution in [2.45, 2.75) is 12.6 Å². The number of Topliss-reactive ketones (excluding diaryl/α,β-unsaturated/α-hetero) is 1. The number of phenols is 1. The minimum absolute atomic E-state index is 0.301. The van der Waals surface area contributed by atoms with Crippen molar-refractivity contribution in [1.29, 1.82) is 0 Å². The second-order valence-corrected chi connectivity index (χ2v) is 2.73. The van der Waals surface area contributed by atoms with Crippen LogP contribution in [0.1, 0.15) is 16.8 Å². The van der Waals surface area contributed by atoms with E-state index in [2.05, 4.69) is 0 Å². The quantitative estimate of drug-likeness (QED) is 0.751. The number of halogens is 3. The van der Waals surface area contributed by atoms with Gasteiger partial charge in [-0.25, -0.2) is 0 Å². The highest BCUT2D eigenvalue weighted by molar-refractivity contribution is 5.98. The van der Waals surface area contributed by atoms with Crippen molar-refractivity contribution in [1.82, 2.24) is 0 Å². The normalized spacial score (nSPS) is 11.4. The standard InChI is InChI=1S/C9H7F3O2/c10-9(11,12)5-8(14)6-3-1-2-4-7(6)13/h1-4,13H,5H2. The van der Waals surface area contributed by atoms with E-state index in [4.69, 9.17) is 5.11 Å². The van der Waals surface area contributed by atoms with Gasteiger partial charge in [-0.3, -0.25) is 4.79 Å². The number of aromatic hydroxyl groups is 1. The van der Waals surface area contributed by atoms with Crippen molar-refractivity contribution in [3.05, 3.63) is 29.8 Å². The zero-order valence-corrected chi connectivity index (χ0v) is 7.01. The molecule has 0 aromatic heterocycles. The molecule has 0 saturated heterocycles. The van der Waals surface area contributed by atoms with Gasteiger partial charge in [0, 0.05) is 0 Å². The number of para-hydroxylation sites is 1. The number of ketones is 1. The van der Waals surface area contributed by atoms with Gasteiger partial charge in [-0.1, -0.05) is 12.1 Å². The van der Waals surface area contributed by atoms with Gasteiger partial charge < -0.3 is 5.11 Å². The van der Waals surface area contributed by atoms with E-state index in [-0.39, 0.29) is 5.56 Å². The van der Waals surface area contributed by atoms with Crippen LogP contribution < -0.4 is 0 Å². The van der Waals surface area contributed by atoms with E-state index in [0.29, 0.717) is 0 Å². The molecule has 0 amide bonds. The van der Waals surface area contributed by atoms with Crippen molar-refractivity contribution in [2.75, 3.05) is 0 Å². The molecule has 0 atom stereocenters. The molecule has 0 radical (unpaired) electrons. The Bertz CT molecular complexity index is 344. The molecule has 76 valence electrons. The van der Waals surface area contributed by atoms with Crippen LogP contribution in [0.4, 0.5) is 13.2 Å². The number of phenolic OH excluding ortho intramolecular Hbond substituents is 1. The van der Waals surface area contributed by atoms with Crippen LogP contribution in [0.2, 0.25) is 0 Å². The number of benzene rings is 1. The van der Waals surface area contributed by atoms with Crippen molar-refractivity contribution >= 4 is 5.78 Å². The molecular weight excluding hydrogens is 197 g/mol. The third-order valence-electron chi connectivity index (χ3n) is 1.57. The van der Waals surface area contributed by atoms with Crippen molar-refractivity contribution in [3.63, 3.8) is 0 Å². The highest BCUT2D eigenvalue weighted by atomic mass is 19.4. The van der Waals surface area contributed by atoms with Crippen LogP contribution in [-0.2, 0) is 0 Å². The molecule has 1 aromatic rings. The molecule has 0 fully saturated rings. The summed E-state index contributed by atoms with van der Waals surface area (Å²) in [5, 5.41) is 9.09. The van der Waals surface area contributed by atoms with Crippen LogP contribution in [0.15, 0.2) is 24.3 Å². The van der Waals surface area contributed by atoms with E-state index < -0.39 is 24.1 Å². The zero-order chi connectivity index (χ0) is 10.8. The minimum Gasteiger partial charge on any atom is -0.507 e. The molecule has 5 heteroatoms. The number of carbonyl (C=O) groups excluding carboxylic acids is 1. The first-order valence-corrected chi connectivity index (χ1v) is 3.78. The Kier molecular flexibility index (Phi) is 2.78. The number of hydrogen-bond donors (Lipinski definition) is 1. The highest BCUT2D eigenvalue weighted by Gasteiger charge is 2.32. The van der Waals surface area contributed by atoms with E-state index in [0.717, 1.165) is 6.07 Å². The topological polar surface area (TPSA) is 37.3 Å². The number of hydrogen-bond acceptors (Lipinski definition) is 2. The van der Waals surface area contributed by atoms with Crippen LogP contribution in [0.5, 0.6) is 5.75 Å². The molecule has 0 aliphatic heterocycles. The summed E-state index contributed by atoms with van der Waals surface area (Å²) in [6, 6.07) is 5.15. The molecule has 0 aliphatic rings. The molecule has 0 saturated carbocycles. The number of carbonyl (C=O) groups is 1. The number of rotatable bonds is 2. The van der Waals surface area contributed by atoms with Gasteiger partial charge >= 0.3 is 6.18 Å². The summed E-state index contributed by atoms with van der Waals surface area (Å²) in [6.45, 7) is 0. The van der Waals surface area contributed by atoms with Crippen LogP contribution in [-0.4, -0.2) is 17.1 Å². The molecular formula is C9H7F3O2. The molecule has 0 aliphatic carbocycles. The average molecular weight is 204 g/mol. The van der Waals surface area contributed by atoms with Crippen LogP contribution in [0, 0.1) is 0 Å². The van der Waals surface area contributed by atoms with E-state index in [1.165, 1.54) is 18.2 Å². The first-order valence-electron chi connectivity index (χ1n) is 3.78. The second kappa shape index (κ2) is 3.69. The molecule has 0 spiro atoms. The smallest absolute Gasteiger partial charge is 0.396 e. The van der Waals surface area contributed by atoms with Gasteiger partial charge in [-0.15, -0.1) is 0 Å². The summed E-state index contributed by atoms with van der Waals surface area (Å²) in [5.74, 6) is -1.56. The lowest BCUT2D eigenvalue weighted by atomic mass is 10.1. The SMILES string of the molecule is O=C(CC(F)(F)F)c1ccccc1O. The fourth-order valence-electron chi connectivity index (χ4n) is 0.987. The Morgan fingerprint density at radius 2 is 1.86 bits per heavy atom. The van der Waals surface area contributed by atoms with Crippen LogP contribution in [0.3, 0.4) is 0 Å². The lowest BCUT2D eigenvalue weighted by Gasteiger charge is -2.06. The van der Waals surface area contributed by atoms with Crippen LogP contribution >= 0.6 is 0 Å². The Morgan fingerprint density at radius 3 is 2.36 bits per heavy atom. The largest absolute Gasteiger partial charge is 0.507 e. The van der Waals surface area contributed by atoms with Gasteiger partial charge in [-0.05, 0) is 12.1 Å². The summed E-state index contributed by atoms with van der Waals surface area (Å²) >= 11 is 0. The van der Waals surface area contributed by atoms with Gasteiger partial charge in [0.2, 0.25) is 0 Å². The maximum atomic E-state index is 11.8. The summed E-state index contributed by atoms with van der Waals surface area (Å²) in [4.78, 5) is 11.0. The van der Waals surface area contributed by atoms with Crippen LogP contribution in [0.25, 0.3) is 0 Å². The lowest BCUT2D eigenvalue weighted by Crippen LogP contribution is -2.14. The molecule has 0 heterocycles. The van der Waals surface area contributed by atoms with Gasteiger partial charge in [0.15, 0.2) is 5.78 Å². The van der Waals surface area contributed by atoms with Gasteiger partial charge in [0.1, 0.15) is 12.2 Å². The molecule has 14 heavy (non-hydrogen) atoms. The monoisotopic (exact) mass is 204 g/mol. The van der Waals surface area contributed by atoms with E-state index in [1.54, 1.807) is 0 Å². The summed E-state index contributed by atoms with van der Waals surface area (Å²) in [5.41, 5.74) is -0.301. The summed E-state index contributed by atoms with van der Waals surface area (Å²) in [6.07, 6.45) is -6.09. The zero-order valence-electron chi connectivity index (χ0n) is 7.01. The van der Waals surface area contributed by atoms with Crippen molar-refractivity contribution < 1.29 is 23.1 Å². The molecule has 0 unspecified atom stereocenters. The summed E-state index contributed by atoms with van der Waals surface area (Å²) < 4.78 is 35.5. The first kappa shape index (κ1) is 10.6. The van der Waals surface area contributed by atoms with Crippen molar-refractivity contribution in [2.24, 2.45) is 0 Å². The fourth-order valence-corrected chi connectivity index (χ4v) is 0.987. The third-order valence-corrected chi connectivity index (χ3v) is 1.57. The lowest BCUT2D eigenvalue weighted by molar-refractivity contribution is -0.125. The molecule has 2 nitrogen and oxygen atoms in total. The predicted molar refractivity (Wildman–Crippen MR) is 43.1 cm³/mol. The molecule has 1 rings (SSSR count).